The molecule has 0 aromatic heterocycles. The van der Waals surface area contributed by atoms with Crippen LogP contribution in [0.5, 0.6) is 0 Å². The monoisotopic (exact) mass is 286 g/mol. The molecule has 4 nitrogen and oxygen atoms in total. The van der Waals surface area contributed by atoms with E-state index in [0.717, 1.165) is 10.4 Å². The van der Waals surface area contributed by atoms with Gasteiger partial charge in [0.15, 0.2) is 0 Å². The molecule has 0 rings (SSSR count). The molecule has 0 fully saturated rings. The van der Waals surface area contributed by atoms with E-state index < -0.39 is 7.60 Å². The maximum absolute atomic E-state index is 11.9. The van der Waals surface area contributed by atoms with Crippen LogP contribution in [0.2, 0.25) is 10.4 Å². The molecular formula is C8H20AsO4P. The summed E-state index contributed by atoms with van der Waals surface area (Å²) < 4.78 is 22.2. The van der Waals surface area contributed by atoms with Crippen molar-refractivity contribution in [3.8, 4) is 0 Å². The number of aliphatic hydroxyl groups excluding tert-OH is 1. The van der Waals surface area contributed by atoms with Gasteiger partial charge in [0.25, 0.3) is 0 Å². The standard InChI is InChI=1S/C8H20AsO4P/c1-3-12-14(11,13-4-2)8-6-9-5-7-10/h9-10H,3-8H2,1-2H3. The second kappa shape index (κ2) is 8.94. The van der Waals surface area contributed by atoms with Crippen molar-refractivity contribution in [3.63, 3.8) is 0 Å². The molecular weight excluding hydrogens is 266 g/mol. The fourth-order valence-corrected chi connectivity index (χ4v) is 6.11. The number of hydrogen-bond donors (Lipinski definition) is 1. The van der Waals surface area contributed by atoms with Gasteiger partial charge in [-0.3, -0.25) is 0 Å². The van der Waals surface area contributed by atoms with E-state index in [1.807, 2.05) is 13.8 Å². The molecule has 0 aliphatic carbocycles. The number of hydrogen-bond acceptors (Lipinski definition) is 4. The zero-order valence-corrected chi connectivity index (χ0v) is 11.9. The Morgan fingerprint density at radius 2 is 1.79 bits per heavy atom. The van der Waals surface area contributed by atoms with Crippen LogP contribution in [0.25, 0.3) is 0 Å². The Bertz CT molecular complexity index is 167. The summed E-state index contributed by atoms with van der Waals surface area (Å²) in [6.07, 6.45) is 0.509. The van der Waals surface area contributed by atoms with E-state index in [2.05, 4.69) is 0 Å². The molecule has 1 unspecified atom stereocenters. The van der Waals surface area contributed by atoms with E-state index in [1.54, 1.807) is 0 Å². The fourth-order valence-electron chi connectivity index (χ4n) is 0.980. The normalized spacial score (nSPS) is 12.8. The minimum atomic E-state index is -2.81. The van der Waals surface area contributed by atoms with Crippen LogP contribution in [0, 0.1) is 0 Å². The molecule has 0 bridgehead atoms. The molecule has 0 aliphatic heterocycles. The van der Waals surface area contributed by atoms with E-state index in [0.29, 0.717) is 19.4 Å². The zero-order chi connectivity index (χ0) is 10.9. The summed E-state index contributed by atoms with van der Waals surface area (Å²) in [7, 11) is -2.81. The Morgan fingerprint density at radius 1 is 1.21 bits per heavy atom. The molecule has 0 aromatic carbocycles. The van der Waals surface area contributed by atoms with E-state index >= 15 is 0 Å². The first kappa shape index (κ1) is 14.7. The SMILES string of the molecule is CCOP(=O)(CC[AsH]CCO)OCC. The summed E-state index contributed by atoms with van der Waals surface area (Å²) >= 11 is -0.170. The Balaban J connectivity index is 3.78. The van der Waals surface area contributed by atoms with E-state index in [1.165, 1.54) is 0 Å². The third-order valence-electron chi connectivity index (χ3n) is 1.50. The molecule has 0 aromatic rings. The van der Waals surface area contributed by atoms with Crippen molar-refractivity contribution in [1.82, 2.24) is 0 Å². The summed E-state index contributed by atoms with van der Waals surface area (Å²) in [6.45, 7) is 4.73. The molecule has 0 saturated heterocycles. The fraction of sp³-hybridized carbons (Fsp3) is 1.00. The van der Waals surface area contributed by atoms with Crippen LogP contribution in [0.3, 0.4) is 0 Å². The summed E-state index contributed by atoms with van der Waals surface area (Å²) in [6, 6.07) is 0. The average molecular weight is 286 g/mol. The van der Waals surface area contributed by atoms with Gasteiger partial charge in [0.1, 0.15) is 0 Å². The second-order valence-corrected chi connectivity index (χ2v) is 7.98. The average Bonchev–Trinajstić information content (AvgIpc) is 2.13. The summed E-state index contributed by atoms with van der Waals surface area (Å²) in [5.74, 6) is 0. The van der Waals surface area contributed by atoms with Gasteiger partial charge in [-0.25, -0.2) is 0 Å². The van der Waals surface area contributed by atoms with E-state index in [4.69, 9.17) is 14.2 Å². The van der Waals surface area contributed by atoms with Gasteiger partial charge >= 0.3 is 92.3 Å². The molecule has 0 aliphatic rings. The summed E-state index contributed by atoms with van der Waals surface area (Å²) in [4.78, 5) is 0. The molecule has 1 N–H and O–H groups in total. The van der Waals surface area contributed by atoms with Crippen LogP contribution in [0.15, 0.2) is 0 Å². The van der Waals surface area contributed by atoms with Crippen LogP contribution in [-0.2, 0) is 13.6 Å². The number of aliphatic hydroxyl groups is 1. The molecule has 14 heavy (non-hydrogen) atoms. The quantitative estimate of drug-likeness (QED) is 0.396. The summed E-state index contributed by atoms with van der Waals surface area (Å²) in [5, 5.41) is 10.4. The first-order valence-corrected chi connectivity index (χ1v) is 9.57. The third-order valence-corrected chi connectivity index (χ3v) is 6.94. The molecule has 0 heterocycles. The summed E-state index contributed by atoms with van der Waals surface area (Å²) in [5.41, 5.74) is 0. The predicted octanol–water partition coefficient (Wildman–Crippen LogP) is 1.52. The van der Waals surface area contributed by atoms with Crippen molar-refractivity contribution in [3.05, 3.63) is 0 Å². The van der Waals surface area contributed by atoms with Crippen LogP contribution in [0.4, 0.5) is 0 Å². The van der Waals surface area contributed by atoms with Gasteiger partial charge < -0.3 is 0 Å². The molecule has 6 heteroatoms. The molecule has 0 amide bonds. The van der Waals surface area contributed by atoms with Crippen LogP contribution >= 0.6 is 7.60 Å². The van der Waals surface area contributed by atoms with Gasteiger partial charge in [0.05, 0.1) is 0 Å². The van der Waals surface area contributed by atoms with E-state index in [9.17, 15) is 4.57 Å². The third kappa shape index (κ3) is 7.03. The number of rotatable bonds is 9. The van der Waals surface area contributed by atoms with Crippen LogP contribution in [0.1, 0.15) is 13.8 Å². The Morgan fingerprint density at radius 3 is 2.21 bits per heavy atom. The van der Waals surface area contributed by atoms with Crippen molar-refractivity contribution in [2.75, 3.05) is 26.0 Å². The van der Waals surface area contributed by atoms with Gasteiger partial charge in [-0.15, -0.1) is 0 Å². The topological polar surface area (TPSA) is 55.8 Å². The molecule has 0 saturated carbocycles. The zero-order valence-electron chi connectivity index (χ0n) is 8.86. The molecule has 0 radical (unpaired) electrons. The Kier molecular flexibility index (Phi) is 9.36. The first-order valence-electron chi connectivity index (χ1n) is 4.88. The Labute approximate surface area is 92.6 Å². The van der Waals surface area contributed by atoms with Crippen molar-refractivity contribution in [2.45, 2.75) is 24.3 Å². The van der Waals surface area contributed by atoms with Crippen molar-refractivity contribution < 1.29 is 18.7 Å². The Hall–Kier alpha value is 0.668. The maximum atomic E-state index is 11.9. The predicted molar refractivity (Wildman–Crippen MR) is 59.6 cm³/mol. The van der Waals surface area contributed by atoms with Gasteiger partial charge in [-0.2, -0.15) is 0 Å². The van der Waals surface area contributed by atoms with Crippen molar-refractivity contribution >= 4 is 23.3 Å². The molecule has 1 atom stereocenters. The van der Waals surface area contributed by atoms with Gasteiger partial charge in [0.2, 0.25) is 0 Å². The molecule has 0 spiro atoms. The second-order valence-electron chi connectivity index (χ2n) is 2.64. The van der Waals surface area contributed by atoms with Gasteiger partial charge in [-0.1, -0.05) is 0 Å². The van der Waals surface area contributed by atoms with Crippen molar-refractivity contribution in [2.24, 2.45) is 0 Å². The van der Waals surface area contributed by atoms with Crippen LogP contribution < -0.4 is 0 Å². The van der Waals surface area contributed by atoms with Gasteiger partial charge in [-0.05, 0) is 0 Å². The molecule has 86 valence electrons. The van der Waals surface area contributed by atoms with E-state index in [-0.39, 0.29) is 22.4 Å². The van der Waals surface area contributed by atoms with Gasteiger partial charge in [0, 0.05) is 0 Å². The first-order chi connectivity index (χ1) is 6.68. The van der Waals surface area contributed by atoms with Crippen LogP contribution in [-0.4, -0.2) is 46.8 Å². The minimum absolute atomic E-state index is 0.170. The van der Waals surface area contributed by atoms with Crippen molar-refractivity contribution in [1.29, 1.82) is 0 Å².